The minimum atomic E-state index is -0.940. The number of hydrogen-bond acceptors (Lipinski definition) is 6. The van der Waals surface area contributed by atoms with Crippen LogP contribution in [0.1, 0.15) is 24.2 Å². The summed E-state index contributed by atoms with van der Waals surface area (Å²) in [5.41, 5.74) is 1.73. The molecular formula is C24H25N3O3S. The third-order valence-electron chi connectivity index (χ3n) is 6.18. The van der Waals surface area contributed by atoms with E-state index in [0.717, 1.165) is 46.9 Å². The number of aromatic nitrogens is 2. The molecule has 1 N–H and O–H groups in total. The van der Waals surface area contributed by atoms with Crippen molar-refractivity contribution in [3.8, 4) is 10.6 Å². The maximum atomic E-state index is 12.4. The summed E-state index contributed by atoms with van der Waals surface area (Å²) < 4.78 is 7.47. The van der Waals surface area contributed by atoms with Gasteiger partial charge in [-0.2, -0.15) is 5.10 Å². The highest BCUT2D eigenvalue weighted by Crippen LogP contribution is 2.29. The van der Waals surface area contributed by atoms with Gasteiger partial charge in [-0.1, -0.05) is 24.3 Å². The summed E-state index contributed by atoms with van der Waals surface area (Å²) in [6, 6.07) is 15.3. The molecule has 6 nitrogen and oxygen atoms in total. The number of aliphatic hydroxyl groups is 1. The largest absolute Gasteiger partial charge is 0.459 e. The highest BCUT2D eigenvalue weighted by molar-refractivity contribution is 7.13. The van der Waals surface area contributed by atoms with Crippen LogP contribution in [-0.4, -0.2) is 38.5 Å². The summed E-state index contributed by atoms with van der Waals surface area (Å²) in [5, 5.41) is 18.8. The van der Waals surface area contributed by atoms with Crippen LogP contribution in [0, 0.1) is 6.92 Å². The predicted octanol–water partition coefficient (Wildman–Crippen LogP) is 4.05. The highest BCUT2D eigenvalue weighted by atomic mass is 32.1. The lowest BCUT2D eigenvalue weighted by atomic mass is 9.91. The highest BCUT2D eigenvalue weighted by Gasteiger charge is 2.34. The fraction of sp³-hybridized carbons (Fsp3) is 0.333. The maximum absolute atomic E-state index is 12.4. The molecule has 1 saturated heterocycles. The molecule has 0 atom stereocenters. The van der Waals surface area contributed by atoms with Crippen LogP contribution in [0.5, 0.6) is 0 Å². The predicted molar refractivity (Wildman–Crippen MR) is 122 cm³/mol. The Morgan fingerprint density at radius 3 is 2.68 bits per heavy atom. The normalized spacial score (nSPS) is 16.7. The SMILES string of the molecule is Cc1c(CN2CCC(O)(Cn3nc(-c4cccs4)ccc3=O)CC2)oc2ccccc12. The number of para-hydroxylation sites is 1. The van der Waals surface area contributed by atoms with E-state index in [1.165, 1.54) is 16.3 Å². The van der Waals surface area contributed by atoms with Crippen LogP contribution >= 0.6 is 11.3 Å². The molecule has 1 aromatic carbocycles. The minimum absolute atomic E-state index is 0.186. The molecule has 5 rings (SSSR count). The van der Waals surface area contributed by atoms with Crippen LogP contribution in [0.3, 0.4) is 0 Å². The van der Waals surface area contributed by atoms with Gasteiger partial charge >= 0.3 is 0 Å². The molecule has 3 aromatic heterocycles. The molecule has 0 spiro atoms. The first-order chi connectivity index (χ1) is 15.0. The first-order valence-corrected chi connectivity index (χ1v) is 11.4. The van der Waals surface area contributed by atoms with E-state index in [1.807, 2.05) is 35.7 Å². The molecule has 1 fully saturated rings. The van der Waals surface area contributed by atoms with Gasteiger partial charge in [0.1, 0.15) is 17.0 Å². The molecule has 1 aliphatic rings. The molecule has 4 aromatic rings. The fourth-order valence-corrected chi connectivity index (χ4v) is 4.95. The second-order valence-corrected chi connectivity index (χ2v) is 9.29. The number of furan rings is 1. The average Bonchev–Trinajstić information content (AvgIpc) is 3.41. The average molecular weight is 436 g/mol. The lowest BCUT2D eigenvalue weighted by Gasteiger charge is -2.37. The van der Waals surface area contributed by atoms with E-state index in [9.17, 15) is 9.90 Å². The molecule has 4 heterocycles. The zero-order valence-corrected chi connectivity index (χ0v) is 18.3. The summed E-state index contributed by atoms with van der Waals surface area (Å²) in [5.74, 6) is 0.980. The van der Waals surface area contributed by atoms with E-state index in [1.54, 1.807) is 17.4 Å². The zero-order chi connectivity index (χ0) is 21.4. The van der Waals surface area contributed by atoms with E-state index < -0.39 is 5.60 Å². The number of benzene rings is 1. The lowest BCUT2D eigenvalue weighted by molar-refractivity contribution is -0.0399. The number of aryl methyl sites for hydroxylation is 1. The van der Waals surface area contributed by atoms with Crippen molar-refractivity contribution in [1.29, 1.82) is 0 Å². The summed E-state index contributed by atoms with van der Waals surface area (Å²) in [7, 11) is 0. The molecule has 0 saturated carbocycles. The first kappa shape index (κ1) is 20.2. The Labute approximate surface area is 184 Å². The van der Waals surface area contributed by atoms with Gasteiger partial charge in [0.15, 0.2) is 0 Å². The lowest BCUT2D eigenvalue weighted by Crippen LogP contribution is -2.48. The second kappa shape index (κ2) is 8.07. The Morgan fingerprint density at radius 1 is 1.13 bits per heavy atom. The summed E-state index contributed by atoms with van der Waals surface area (Å²) >= 11 is 1.58. The van der Waals surface area contributed by atoms with Crippen LogP contribution < -0.4 is 5.56 Å². The Hall–Kier alpha value is -2.74. The van der Waals surface area contributed by atoms with Crippen molar-refractivity contribution >= 4 is 22.3 Å². The standard InChI is InChI=1S/C24H25N3O3S/c1-17-18-5-2-3-6-20(18)30-21(17)15-26-12-10-24(29,11-13-26)16-27-23(28)9-8-19(25-27)22-7-4-14-31-22/h2-9,14,29H,10-13,15-16H2,1H3. The van der Waals surface area contributed by atoms with Gasteiger partial charge in [0.25, 0.3) is 5.56 Å². The van der Waals surface area contributed by atoms with Gasteiger partial charge in [0, 0.05) is 24.5 Å². The number of rotatable bonds is 5. The zero-order valence-electron chi connectivity index (χ0n) is 17.5. The molecule has 1 aliphatic heterocycles. The van der Waals surface area contributed by atoms with Crippen LogP contribution in [0.25, 0.3) is 21.5 Å². The monoisotopic (exact) mass is 435 g/mol. The number of fused-ring (bicyclic) bond motifs is 1. The number of piperidine rings is 1. The minimum Gasteiger partial charge on any atom is -0.459 e. The Morgan fingerprint density at radius 2 is 1.94 bits per heavy atom. The number of likely N-dealkylation sites (tertiary alicyclic amines) is 1. The van der Waals surface area contributed by atoms with E-state index in [2.05, 4.69) is 23.0 Å². The Kier molecular flexibility index (Phi) is 5.25. The van der Waals surface area contributed by atoms with Gasteiger partial charge in [0.2, 0.25) is 0 Å². The van der Waals surface area contributed by atoms with Gasteiger partial charge in [-0.25, -0.2) is 4.68 Å². The van der Waals surface area contributed by atoms with Crippen LogP contribution in [0.2, 0.25) is 0 Å². The Balaban J connectivity index is 1.27. The Bertz CT molecular complexity index is 1250. The molecular weight excluding hydrogens is 410 g/mol. The molecule has 0 amide bonds. The molecule has 31 heavy (non-hydrogen) atoms. The number of thiophene rings is 1. The molecule has 0 bridgehead atoms. The van der Waals surface area contributed by atoms with Gasteiger partial charge in [-0.15, -0.1) is 11.3 Å². The van der Waals surface area contributed by atoms with Crippen LogP contribution in [-0.2, 0) is 13.1 Å². The summed E-state index contributed by atoms with van der Waals surface area (Å²) in [6.07, 6.45) is 1.17. The molecule has 0 unspecified atom stereocenters. The first-order valence-electron chi connectivity index (χ1n) is 10.5. The van der Waals surface area contributed by atoms with Gasteiger partial charge in [0.05, 0.1) is 23.6 Å². The van der Waals surface area contributed by atoms with Gasteiger partial charge in [-0.3, -0.25) is 9.69 Å². The van der Waals surface area contributed by atoms with Crippen molar-refractivity contribution in [1.82, 2.24) is 14.7 Å². The number of hydrogen-bond donors (Lipinski definition) is 1. The van der Waals surface area contributed by atoms with Crippen LogP contribution in [0.4, 0.5) is 0 Å². The molecule has 0 aliphatic carbocycles. The van der Waals surface area contributed by atoms with Gasteiger partial charge < -0.3 is 9.52 Å². The van der Waals surface area contributed by atoms with Crippen molar-refractivity contribution in [3.63, 3.8) is 0 Å². The van der Waals surface area contributed by atoms with E-state index in [4.69, 9.17) is 4.42 Å². The van der Waals surface area contributed by atoms with Crippen molar-refractivity contribution in [2.24, 2.45) is 0 Å². The fourth-order valence-electron chi connectivity index (χ4n) is 4.26. The molecule has 0 radical (unpaired) electrons. The maximum Gasteiger partial charge on any atom is 0.266 e. The topological polar surface area (TPSA) is 71.5 Å². The van der Waals surface area contributed by atoms with Crippen molar-refractivity contribution in [2.75, 3.05) is 13.1 Å². The molecule has 160 valence electrons. The van der Waals surface area contributed by atoms with Crippen molar-refractivity contribution in [2.45, 2.75) is 38.5 Å². The smallest absolute Gasteiger partial charge is 0.266 e. The summed E-state index contributed by atoms with van der Waals surface area (Å²) in [4.78, 5) is 15.7. The van der Waals surface area contributed by atoms with Crippen LogP contribution in [0.15, 0.2) is 63.1 Å². The van der Waals surface area contributed by atoms with Crippen molar-refractivity contribution < 1.29 is 9.52 Å². The quantitative estimate of drug-likeness (QED) is 0.512. The number of nitrogens with zero attached hydrogens (tertiary/aromatic N) is 3. The molecule has 7 heteroatoms. The third kappa shape index (κ3) is 4.08. The van der Waals surface area contributed by atoms with E-state index >= 15 is 0 Å². The summed E-state index contributed by atoms with van der Waals surface area (Å²) in [6.45, 7) is 4.52. The van der Waals surface area contributed by atoms with E-state index in [-0.39, 0.29) is 12.1 Å². The van der Waals surface area contributed by atoms with Gasteiger partial charge in [-0.05, 0) is 48.9 Å². The third-order valence-corrected chi connectivity index (χ3v) is 7.07. The van der Waals surface area contributed by atoms with E-state index in [0.29, 0.717) is 12.8 Å². The second-order valence-electron chi connectivity index (χ2n) is 8.34. The van der Waals surface area contributed by atoms with Crippen molar-refractivity contribution in [3.05, 3.63) is 75.6 Å².